The van der Waals surface area contributed by atoms with Gasteiger partial charge in [0, 0.05) is 28.9 Å². The van der Waals surface area contributed by atoms with Crippen LogP contribution < -0.4 is 5.32 Å². The van der Waals surface area contributed by atoms with Gasteiger partial charge in [-0.3, -0.25) is 10.1 Å². The van der Waals surface area contributed by atoms with Gasteiger partial charge in [-0.1, -0.05) is 19.1 Å². The number of hydrogen-bond acceptors (Lipinski definition) is 4. The van der Waals surface area contributed by atoms with Gasteiger partial charge in [0.2, 0.25) is 0 Å². The van der Waals surface area contributed by atoms with Gasteiger partial charge in [-0.25, -0.2) is 4.98 Å². The Balaban J connectivity index is 2.08. The molecule has 104 valence electrons. The zero-order valence-corrected chi connectivity index (χ0v) is 11.4. The monoisotopic (exact) mass is 271 g/mol. The maximum atomic E-state index is 11.1. The Kier molecular flexibility index (Phi) is 3.04. The summed E-state index contributed by atoms with van der Waals surface area (Å²) in [6.07, 6.45) is 6.25. The van der Waals surface area contributed by atoms with E-state index < -0.39 is 0 Å². The fraction of sp³-hybridized carbons (Fsp3) is 0.400. The number of para-hydroxylation sites is 1. The molecule has 20 heavy (non-hydrogen) atoms. The van der Waals surface area contributed by atoms with E-state index >= 15 is 0 Å². The zero-order valence-electron chi connectivity index (χ0n) is 11.4. The number of pyridine rings is 1. The highest BCUT2D eigenvalue weighted by atomic mass is 16.6. The molecule has 0 bridgehead atoms. The molecule has 1 saturated carbocycles. The van der Waals surface area contributed by atoms with E-state index in [1.807, 2.05) is 12.1 Å². The Hall–Kier alpha value is -2.17. The summed E-state index contributed by atoms with van der Waals surface area (Å²) in [5, 5.41) is 15.5. The summed E-state index contributed by atoms with van der Waals surface area (Å²) < 4.78 is 0. The summed E-state index contributed by atoms with van der Waals surface area (Å²) in [6, 6.07) is 7.01. The minimum Gasteiger partial charge on any atom is -0.379 e. The first-order chi connectivity index (χ1) is 9.65. The molecule has 1 fully saturated rings. The standard InChI is InChI=1S/C15H17N3O2/c1-2-15(8-4-9-15)17-12-7-10-16-14-11(12)5-3-6-13(14)18(19)20/h3,5-7,10H,2,4,8-9H2,1H3,(H,16,17). The lowest BCUT2D eigenvalue weighted by Crippen LogP contribution is -2.44. The van der Waals surface area contributed by atoms with Crippen LogP contribution in [0.4, 0.5) is 11.4 Å². The van der Waals surface area contributed by atoms with Crippen molar-refractivity contribution in [3.05, 3.63) is 40.6 Å². The second kappa shape index (κ2) is 4.74. The molecule has 2 aromatic rings. The molecular formula is C15H17N3O2. The van der Waals surface area contributed by atoms with Crippen molar-refractivity contribution >= 4 is 22.3 Å². The van der Waals surface area contributed by atoms with Crippen LogP contribution in [0.3, 0.4) is 0 Å². The van der Waals surface area contributed by atoms with Crippen LogP contribution in [-0.2, 0) is 0 Å². The summed E-state index contributed by atoms with van der Waals surface area (Å²) in [5.74, 6) is 0. The van der Waals surface area contributed by atoms with Crippen LogP contribution in [0.25, 0.3) is 10.9 Å². The number of non-ortho nitro benzene ring substituents is 1. The van der Waals surface area contributed by atoms with Crippen molar-refractivity contribution in [2.24, 2.45) is 0 Å². The Morgan fingerprint density at radius 2 is 2.20 bits per heavy atom. The minimum atomic E-state index is -0.377. The molecule has 0 spiro atoms. The molecule has 0 radical (unpaired) electrons. The van der Waals surface area contributed by atoms with Gasteiger partial charge in [-0.05, 0) is 31.7 Å². The van der Waals surface area contributed by atoms with Gasteiger partial charge in [0.1, 0.15) is 5.52 Å². The van der Waals surface area contributed by atoms with Crippen LogP contribution in [0.15, 0.2) is 30.5 Å². The molecule has 0 atom stereocenters. The van der Waals surface area contributed by atoms with Crippen LogP contribution in [0.5, 0.6) is 0 Å². The van der Waals surface area contributed by atoms with Crippen LogP contribution in [0, 0.1) is 10.1 Å². The molecule has 3 rings (SSSR count). The number of nitro groups is 1. The van der Waals surface area contributed by atoms with Crippen LogP contribution in [-0.4, -0.2) is 15.4 Å². The van der Waals surface area contributed by atoms with E-state index in [9.17, 15) is 10.1 Å². The summed E-state index contributed by atoms with van der Waals surface area (Å²) in [7, 11) is 0. The summed E-state index contributed by atoms with van der Waals surface area (Å²) in [6.45, 7) is 2.18. The molecule has 1 heterocycles. The molecule has 0 unspecified atom stereocenters. The normalized spacial score (nSPS) is 16.6. The molecule has 5 nitrogen and oxygen atoms in total. The average Bonchev–Trinajstić information content (AvgIpc) is 2.42. The Labute approximate surface area is 117 Å². The molecular weight excluding hydrogens is 254 g/mol. The lowest BCUT2D eigenvalue weighted by Gasteiger charge is -2.43. The third-order valence-corrected chi connectivity index (χ3v) is 4.33. The van der Waals surface area contributed by atoms with Gasteiger partial charge in [-0.2, -0.15) is 0 Å². The topological polar surface area (TPSA) is 68.1 Å². The zero-order chi connectivity index (χ0) is 14.2. The number of hydrogen-bond donors (Lipinski definition) is 1. The molecule has 1 N–H and O–H groups in total. The van der Waals surface area contributed by atoms with Crippen LogP contribution >= 0.6 is 0 Å². The molecule has 0 saturated heterocycles. The number of fused-ring (bicyclic) bond motifs is 1. The van der Waals surface area contributed by atoms with Crippen LogP contribution in [0.1, 0.15) is 32.6 Å². The van der Waals surface area contributed by atoms with Gasteiger partial charge in [-0.15, -0.1) is 0 Å². The summed E-state index contributed by atoms with van der Waals surface area (Å²) >= 11 is 0. The third-order valence-electron chi connectivity index (χ3n) is 4.33. The summed E-state index contributed by atoms with van der Waals surface area (Å²) in [4.78, 5) is 14.9. The summed E-state index contributed by atoms with van der Waals surface area (Å²) in [5.41, 5.74) is 1.61. The first-order valence-electron chi connectivity index (χ1n) is 6.95. The van der Waals surface area contributed by atoms with Gasteiger partial charge in [0.25, 0.3) is 5.69 Å². The number of nitrogens with one attached hydrogen (secondary N) is 1. The molecule has 0 amide bonds. The fourth-order valence-corrected chi connectivity index (χ4v) is 2.87. The average molecular weight is 271 g/mol. The van der Waals surface area contributed by atoms with Crippen molar-refractivity contribution in [2.45, 2.75) is 38.1 Å². The van der Waals surface area contributed by atoms with E-state index in [1.165, 1.54) is 12.5 Å². The first kappa shape index (κ1) is 12.8. The van der Waals surface area contributed by atoms with Crippen molar-refractivity contribution in [3.63, 3.8) is 0 Å². The lowest BCUT2D eigenvalue weighted by atomic mass is 9.74. The molecule has 0 aliphatic heterocycles. The van der Waals surface area contributed by atoms with Crippen molar-refractivity contribution < 1.29 is 4.92 Å². The van der Waals surface area contributed by atoms with E-state index in [1.54, 1.807) is 12.3 Å². The second-order valence-corrected chi connectivity index (χ2v) is 5.40. The van der Waals surface area contributed by atoms with Gasteiger partial charge >= 0.3 is 0 Å². The maximum Gasteiger partial charge on any atom is 0.295 e. The highest BCUT2D eigenvalue weighted by Gasteiger charge is 2.35. The number of nitro benzene ring substituents is 1. The molecule has 1 aliphatic rings. The third kappa shape index (κ3) is 1.99. The van der Waals surface area contributed by atoms with Gasteiger partial charge < -0.3 is 5.32 Å². The number of nitrogens with zero attached hydrogens (tertiary/aromatic N) is 2. The van der Waals surface area contributed by atoms with Crippen molar-refractivity contribution in [1.82, 2.24) is 4.98 Å². The molecule has 1 aromatic heterocycles. The molecule has 5 heteroatoms. The highest BCUT2D eigenvalue weighted by molar-refractivity contribution is 5.96. The molecule has 1 aromatic carbocycles. The van der Waals surface area contributed by atoms with Crippen molar-refractivity contribution in [2.75, 3.05) is 5.32 Å². The van der Waals surface area contributed by atoms with E-state index in [-0.39, 0.29) is 16.1 Å². The number of benzene rings is 1. The van der Waals surface area contributed by atoms with E-state index in [0.717, 1.165) is 30.3 Å². The number of aromatic nitrogens is 1. The van der Waals surface area contributed by atoms with E-state index in [2.05, 4.69) is 17.2 Å². The van der Waals surface area contributed by atoms with Gasteiger partial charge in [0.15, 0.2) is 0 Å². The van der Waals surface area contributed by atoms with E-state index in [0.29, 0.717) is 5.52 Å². The van der Waals surface area contributed by atoms with E-state index in [4.69, 9.17) is 0 Å². The van der Waals surface area contributed by atoms with Crippen LogP contribution in [0.2, 0.25) is 0 Å². The Morgan fingerprint density at radius 3 is 2.80 bits per heavy atom. The minimum absolute atomic E-state index is 0.0605. The first-order valence-corrected chi connectivity index (χ1v) is 6.95. The smallest absolute Gasteiger partial charge is 0.295 e. The number of rotatable bonds is 4. The van der Waals surface area contributed by atoms with Crippen molar-refractivity contribution in [1.29, 1.82) is 0 Å². The molecule has 1 aliphatic carbocycles. The Bertz CT molecular complexity index is 660. The Morgan fingerprint density at radius 1 is 1.40 bits per heavy atom. The van der Waals surface area contributed by atoms with Crippen molar-refractivity contribution in [3.8, 4) is 0 Å². The second-order valence-electron chi connectivity index (χ2n) is 5.40. The predicted molar refractivity (Wildman–Crippen MR) is 78.9 cm³/mol. The fourth-order valence-electron chi connectivity index (χ4n) is 2.87. The SMILES string of the molecule is CCC1(Nc2ccnc3c([N+](=O)[O-])cccc23)CCC1. The highest BCUT2D eigenvalue weighted by Crippen LogP contribution is 2.39. The quantitative estimate of drug-likeness (QED) is 0.676. The van der Waals surface area contributed by atoms with Gasteiger partial charge in [0.05, 0.1) is 4.92 Å². The largest absolute Gasteiger partial charge is 0.379 e. The predicted octanol–water partition coefficient (Wildman–Crippen LogP) is 3.89. The lowest BCUT2D eigenvalue weighted by molar-refractivity contribution is -0.383. The maximum absolute atomic E-state index is 11.1. The number of anilines is 1.